The Hall–Kier alpha value is -2.75. The number of hydrogen-bond acceptors (Lipinski definition) is 5. The van der Waals surface area contributed by atoms with Gasteiger partial charge in [0.15, 0.2) is 5.11 Å². The number of benzene rings is 2. The van der Waals surface area contributed by atoms with E-state index in [-0.39, 0.29) is 11.0 Å². The first kappa shape index (κ1) is 21.9. The van der Waals surface area contributed by atoms with E-state index in [4.69, 9.17) is 17.0 Å². The Morgan fingerprint density at radius 1 is 1.00 bits per heavy atom. The second-order valence-corrected chi connectivity index (χ2v) is 8.34. The van der Waals surface area contributed by atoms with Gasteiger partial charge in [0.1, 0.15) is 5.75 Å². The fourth-order valence-corrected chi connectivity index (χ4v) is 3.64. The van der Waals surface area contributed by atoms with E-state index in [1.807, 2.05) is 30.3 Å². The number of carbonyl (C=O) groups excluding carboxylic acids is 2. The summed E-state index contributed by atoms with van der Waals surface area (Å²) in [7, 11) is 0. The molecule has 1 heterocycles. The molecule has 0 aliphatic heterocycles. The molecule has 0 atom stereocenters. The van der Waals surface area contributed by atoms with Crippen LogP contribution in [0.5, 0.6) is 5.75 Å². The molecule has 154 valence electrons. The van der Waals surface area contributed by atoms with Gasteiger partial charge in [-0.15, -0.1) is 11.3 Å². The quantitative estimate of drug-likeness (QED) is 0.348. The molecule has 1 aromatic heterocycles. The molecule has 9 heteroatoms. The maximum absolute atomic E-state index is 12.7. The van der Waals surface area contributed by atoms with Gasteiger partial charge in [0.25, 0.3) is 11.8 Å². The molecule has 0 aliphatic rings. The molecule has 0 bridgehead atoms. The topological polar surface area (TPSA) is 79.5 Å². The van der Waals surface area contributed by atoms with Crippen LogP contribution in [0, 0.1) is 0 Å². The normalized spacial score (nSPS) is 10.2. The predicted octanol–water partition coefficient (Wildman–Crippen LogP) is 4.08. The van der Waals surface area contributed by atoms with Crippen molar-refractivity contribution in [1.29, 1.82) is 0 Å². The maximum atomic E-state index is 12.7. The molecule has 0 radical (unpaired) electrons. The molecule has 30 heavy (non-hydrogen) atoms. The molecule has 0 fully saturated rings. The number of hydrazine groups is 1. The van der Waals surface area contributed by atoms with Crippen LogP contribution in [-0.4, -0.2) is 23.5 Å². The molecule has 6 nitrogen and oxygen atoms in total. The Labute approximate surface area is 191 Å². The van der Waals surface area contributed by atoms with Gasteiger partial charge in [-0.2, -0.15) is 0 Å². The van der Waals surface area contributed by atoms with Gasteiger partial charge in [-0.25, -0.2) is 0 Å². The highest BCUT2D eigenvalue weighted by molar-refractivity contribution is 9.10. The summed E-state index contributed by atoms with van der Waals surface area (Å²) in [5, 5.41) is 4.31. The number of amides is 2. The van der Waals surface area contributed by atoms with E-state index in [1.165, 1.54) is 11.3 Å². The van der Waals surface area contributed by atoms with Crippen molar-refractivity contribution in [1.82, 2.24) is 16.2 Å². The number of thiophene rings is 1. The third kappa shape index (κ3) is 6.38. The SMILES string of the molecule is O=C(NNC(=S)NC(=O)c1cc(Br)ccc1OCCc1ccccc1)c1cccs1. The Balaban J connectivity index is 1.56. The van der Waals surface area contributed by atoms with Crippen molar-refractivity contribution in [2.45, 2.75) is 6.42 Å². The van der Waals surface area contributed by atoms with Gasteiger partial charge in [-0.1, -0.05) is 52.3 Å². The number of halogens is 1. The molecule has 0 saturated heterocycles. The van der Waals surface area contributed by atoms with Crippen molar-refractivity contribution in [3.8, 4) is 5.75 Å². The summed E-state index contributed by atoms with van der Waals surface area (Å²) in [5.74, 6) is -0.347. The van der Waals surface area contributed by atoms with Crippen LogP contribution in [0.4, 0.5) is 0 Å². The summed E-state index contributed by atoms with van der Waals surface area (Å²) in [4.78, 5) is 25.1. The highest BCUT2D eigenvalue weighted by Gasteiger charge is 2.15. The third-order valence-electron chi connectivity index (χ3n) is 3.94. The van der Waals surface area contributed by atoms with Gasteiger partial charge < -0.3 is 4.74 Å². The van der Waals surface area contributed by atoms with Crippen molar-refractivity contribution in [2.75, 3.05) is 6.61 Å². The number of carbonyl (C=O) groups is 2. The predicted molar refractivity (Wildman–Crippen MR) is 125 cm³/mol. The molecule has 3 aromatic rings. The lowest BCUT2D eigenvalue weighted by Gasteiger charge is -2.14. The first-order chi connectivity index (χ1) is 14.5. The van der Waals surface area contributed by atoms with Crippen LogP contribution in [0.3, 0.4) is 0 Å². The Kier molecular flexibility index (Phi) is 7.95. The van der Waals surface area contributed by atoms with Gasteiger partial charge in [-0.3, -0.25) is 25.8 Å². The molecule has 3 N–H and O–H groups in total. The van der Waals surface area contributed by atoms with Crippen LogP contribution in [0.1, 0.15) is 25.6 Å². The van der Waals surface area contributed by atoms with Crippen molar-refractivity contribution >= 4 is 56.4 Å². The Bertz CT molecular complexity index is 1030. The molecule has 0 saturated carbocycles. The summed E-state index contributed by atoms with van der Waals surface area (Å²) in [6.07, 6.45) is 0.715. The summed E-state index contributed by atoms with van der Waals surface area (Å²) < 4.78 is 6.56. The van der Waals surface area contributed by atoms with E-state index in [2.05, 4.69) is 32.1 Å². The van der Waals surface area contributed by atoms with Gasteiger partial charge in [0.05, 0.1) is 17.0 Å². The third-order valence-corrected chi connectivity index (χ3v) is 5.50. The highest BCUT2D eigenvalue weighted by atomic mass is 79.9. The highest BCUT2D eigenvalue weighted by Crippen LogP contribution is 2.23. The number of rotatable bonds is 6. The van der Waals surface area contributed by atoms with Crippen molar-refractivity contribution in [2.24, 2.45) is 0 Å². The number of nitrogens with one attached hydrogen (secondary N) is 3. The molecule has 2 aromatic carbocycles. The average Bonchev–Trinajstić information content (AvgIpc) is 3.29. The van der Waals surface area contributed by atoms with Crippen LogP contribution in [-0.2, 0) is 6.42 Å². The van der Waals surface area contributed by atoms with Gasteiger partial charge in [-0.05, 0) is 47.4 Å². The Morgan fingerprint density at radius 2 is 1.80 bits per heavy atom. The number of ether oxygens (including phenoxy) is 1. The lowest BCUT2D eigenvalue weighted by atomic mass is 10.1. The zero-order valence-electron chi connectivity index (χ0n) is 15.7. The van der Waals surface area contributed by atoms with Crippen LogP contribution in [0.15, 0.2) is 70.5 Å². The average molecular weight is 504 g/mol. The fraction of sp³-hybridized carbons (Fsp3) is 0.0952. The molecule has 2 amide bonds. The van der Waals surface area contributed by atoms with E-state index in [9.17, 15) is 9.59 Å². The van der Waals surface area contributed by atoms with E-state index in [1.54, 1.807) is 35.7 Å². The maximum Gasteiger partial charge on any atom is 0.279 e. The largest absolute Gasteiger partial charge is 0.492 e. The summed E-state index contributed by atoms with van der Waals surface area (Å²) in [5.41, 5.74) is 6.44. The number of hydrogen-bond donors (Lipinski definition) is 3. The first-order valence-electron chi connectivity index (χ1n) is 8.94. The van der Waals surface area contributed by atoms with Crippen molar-refractivity contribution < 1.29 is 14.3 Å². The second-order valence-electron chi connectivity index (χ2n) is 6.06. The minimum atomic E-state index is -0.450. The lowest BCUT2D eigenvalue weighted by Crippen LogP contribution is -2.48. The molecule has 3 rings (SSSR count). The molecular weight excluding hydrogens is 486 g/mol. The first-order valence-corrected chi connectivity index (χ1v) is 11.0. The van der Waals surface area contributed by atoms with Gasteiger partial charge in [0.2, 0.25) is 0 Å². The van der Waals surface area contributed by atoms with E-state index >= 15 is 0 Å². The number of thiocarbonyl (C=S) groups is 1. The van der Waals surface area contributed by atoms with Gasteiger partial charge >= 0.3 is 0 Å². The lowest BCUT2D eigenvalue weighted by molar-refractivity contribution is 0.0937. The van der Waals surface area contributed by atoms with E-state index in [0.29, 0.717) is 29.2 Å². The fourth-order valence-electron chi connectivity index (χ4n) is 2.51. The molecule has 0 spiro atoms. The van der Waals surface area contributed by atoms with Gasteiger partial charge in [0, 0.05) is 10.9 Å². The summed E-state index contributed by atoms with van der Waals surface area (Å²) in [6, 6.07) is 18.6. The monoisotopic (exact) mass is 503 g/mol. The van der Waals surface area contributed by atoms with Crippen molar-refractivity contribution in [3.05, 3.63) is 86.5 Å². The second kappa shape index (κ2) is 10.9. The van der Waals surface area contributed by atoms with Crippen LogP contribution < -0.4 is 20.9 Å². The summed E-state index contributed by atoms with van der Waals surface area (Å²) in [6.45, 7) is 0.422. The van der Waals surface area contributed by atoms with Crippen LogP contribution in [0.2, 0.25) is 0 Å². The zero-order valence-corrected chi connectivity index (χ0v) is 18.9. The van der Waals surface area contributed by atoms with E-state index < -0.39 is 5.91 Å². The van der Waals surface area contributed by atoms with Crippen LogP contribution >= 0.6 is 39.5 Å². The smallest absolute Gasteiger partial charge is 0.279 e. The van der Waals surface area contributed by atoms with E-state index in [0.717, 1.165) is 10.0 Å². The molecule has 0 aliphatic carbocycles. The van der Waals surface area contributed by atoms with Crippen molar-refractivity contribution in [3.63, 3.8) is 0 Å². The minimum Gasteiger partial charge on any atom is -0.492 e. The summed E-state index contributed by atoms with van der Waals surface area (Å²) >= 11 is 9.76. The minimum absolute atomic E-state index is 0.0277. The van der Waals surface area contributed by atoms with Crippen LogP contribution in [0.25, 0.3) is 0 Å². The standard InChI is InChI=1S/C21H18BrN3O3S2/c22-15-8-9-17(28-11-10-14-5-2-1-3-6-14)16(13-15)19(26)23-21(29)25-24-20(27)18-7-4-12-30-18/h1-9,12-13H,10-11H2,(H,24,27)(H2,23,25,26,29). The molecule has 0 unspecified atom stereocenters. The zero-order chi connectivity index (χ0) is 21.3. The molecular formula is C21H18BrN3O3S2. The Morgan fingerprint density at radius 3 is 2.53 bits per heavy atom.